The lowest BCUT2D eigenvalue weighted by Gasteiger charge is -2.33. The molecule has 0 bridgehead atoms. The number of hydrogen-bond donors (Lipinski definition) is 0. The smallest absolute Gasteiger partial charge is 0.416 e. The van der Waals surface area contributed by atoms with Crippen LogP contribution in [0.25, 0.3) is 24.3 Å². The molecule has 5 rings (SSSR count). The van der Waals surface area contributed by atoms with E-state index in [9.17, 15) is 35.9 Å². The van der Waals surface area contributed by atoms with E-state index >= 15 is 0 Å². The molecule has 2 amide bonds. The molecule has 0 atom stereocenters. The van der Waals surface area contributed by atoms with Crippen molar-refractivity contribution in [2.45, 2.75) is 25.3 Å². The Morgan fingerprint density at radius 1 is 0.733 bits per heavy atom. The summed E-state index contributed by atoms with van der Waals surface area (Å²) in [6.45, 7) is 0.544. The van der Waals surface area contributed by atoms with Gasteiger partial charge in [0.2, 0.25) is 23.6 Å². The second-order valence-corrected chi connectivity index (χ2v) is 10.1. The van der Waals surface area contributed by atoms with Crippen LogP contribution in [0.4, 0.5) is 26.3 Å². The van der Waals surface area contributed by atoms with Gasteiger partial charge in [0, 0.05) is 25.2 Å². The van der Waals surface area contributed by atoms with Crippen LogP contribution in [0, 0.1) is 0 Å². The number of hydrogen-bond acceptors (Lipinski definition) is 6. The summed E-state index contributed by atoms with van der Waals surface area (Å²) in [6, 6.07) is 9.18. The van der Waals surface area contributed by atoms with Crippen LogP contribution in [-0.4, -0.2) is 51.2 Å². The Hall–Kier alpha value is -5.14. The van der Waals surface area contributed by atoms with E-state index in [0.29, 0.717) is 22.5 Å². The van der Waals surface area contributed by atoms with Crippen molar-refractivity contribution in [2.75, 3.05) is 19.6 Å². The molecule has 234 valence electrons. The summed E-state index contributed by atoms with van der Waals surface area (Å²) in [5.41, 5.74) is 0.327. The molecule has 3 heterocycles. The predicted octanol–water partition coefficient (Wildman–Crippen LogP) is 6.45. The van der Waals surface area contributed by atoms with Crippen LogP contribution < -0.4 is 0 Å². The van der Waals surface area contributed by atoms with Gasteiger partial charge in [-0.3, -0.25) is 9.59 Å². The number of carbonyl (C=O) groups is 2. The first kappa shape index (κ1) is 31.3. The van der Waals surface area contributed by atoms with Crippen molar-refractivity contribution in [1.29, 1.82) is 0 Å². The minimum absolute atomic E-state index is 0.108. The number of rotatable bonds is 8. The van der Waals surface area contributed by atoms with Crippen LogP contribution >= 0.6 is 0 Å². The summed E-state index contributed by atoms with van der Waals surface area (Å²) < 4.78 is 87.0. The third kappa shape index (κ3) is 8.28. The summed E-state index contributed by atoms with van der Waals surface area (Å²) >= 11 is 0. The maximum atomic E-state index is 12.8. The van der Waals surface area contributed by atoms with Crippen LogP contribution in [0.5, 0.6) is 0 Å². The molecule has 0 aliphatic carbocycles. The van der Waals surface area contributed by atoms with E-state index in [0.717, 1.165) is 24.3 Å². The molecule has 45 heavy (non-hydrogen) atoms. The minimum atomic E-state index is -4.42. The first-order valence-electron chi connectivity index (χ1n) is 13.5. The van der Waals surface area contributed by atoms with Crippen LogP contribution in [0.3, 0.4) is 0 Å². The molecule has 1 fully saturated rings. The predicted molar refractivity (Wildman–Crippen MR) is 149 cm³/mol. The first-order valence-corrected chi connectivity index (χ1v) is 13.5. The van der Waals surface area contributed by atoms with Gasteiger partial charge in [-0.15, -0.1) is 0 Å². The largest absolute Gasteiger partial charge is 0.445 e. The minimum Gasteiger partial charge on any atom is -0.445 e. The van der Waals surface area contributed by atoms with Crippen LogP contribution in [0.2, 0.25) is 0 Å². The molecule has 0 unspecified atom stereocenters. The second-order valence-electron chi connectivity index (χ2n) is 10.1. The highest BCUT2D eigenvalue weighted by molar-refractivity contribution is 5.86. The van der Waals surface area contributed by atoms with Gasteiger partial charge in [0.15, 0.2) is 0 Å². The van der Waals surface area contributed by atoms with Crippen molar-refractivity contribution in [3.05, 3.63) is 106 Å². The summed E-state index contributed by atoms with van der Waals surface area (Å²) in [5.74, 6) is -0.237. The molecule has 8 nitrogen and oxygen atoms in total. The Balaban J connectivity index is 1.09. The summed E-state index contributed by atoms with van der Waals surface area (Å²) in [6.07, 6.45) is -0.205. The molecule has 0 spiro atoms. The highest BCUT2D eigenvalue weighted by atomic mass is 19.4. The van der Waals surface area contributed by atoms with Crippen LogP contribution in [0.15, 0.2) is 69.9 Å². The van der Waals surface area contributed by atoms with Gasteiger partial charge >= 0.3 is 12.4 Å². The first-order chi connectivity index (χ1) is 21.3. The number of piperazine rings is 1. The number of alkyl halides is 6. The van der Waals surface area contributed by atoms with Crippen molar-refractivity contribution in [2.24, 2.45) is 0 Å². The van der Waals surface area contributed by atoms with E-state index in [2.05, 4.69) is 9.97 Å². The molecule has 14 heteroatoms. The SMILES string of the molecule is O=C(Cc1coc(/C=C/c2ccc(C(F)(F)F)cc2)n1)N1CCN(Cc2coc(/C=C/c3ccc(C(F)(F)F)cc3)n2)C(=O)C1. The fraction of sp³-hybridized carbons (Fsp3) is 0.226. The standard InChI is InChI=1S/C31H24F6N4O4/c32-30(33,34)22-7-1-20(2-8-22)5-11-26-38-24(18-44-26)15-28(42)41-14-13-40(29(43)17-41)16-25-19-45-27(39-25)12-6-21-3-9-23(10-4-21)31(35,36)37/h1-12,18-19H,13-17H2/b11-5+,12-6+. The molecular weight excluding hydrogens is 606 g/mol. The van der Waals surface area contributed by atoms with Gasteiger partial charge in [0.25, 0.3) is 0 Å². The molecule has 4 aromatic rings. The number of nitrogens with zero attached hydrogens (tertiary/aromatic N) is 4. The average molecular weight is 631 g/mol. The van der Waals surface area contributed by atoms with E-state index in [-0.39, 0.29) is 56.2 Å². The Kier molecular flexibility index (Phi) is 8.93. The number of benzene rings is 2. The van der Waals surface area contributed by atoms with Crippen molar-refractivity contribution < 1.29 is 44.8 Å². The van der Waals surface area contributed by atoms with Crippen LogP contribution in [0.1, 0.15) is 45.4 Å². The molecular formula is C31H24F6N4O4. The number of aromatic nitrogens is 2. The summed E-state index contributed by atoms with van der Waals surface area (Å²) in [5, 5.41) is 0. The molecule has 0 N–H and O–H groups in total. The molecule has 1 saturated heterocycles. The summed E-state index contributed by atoms with van der Waals surface area (Å²) in [7, 11) is 0. The van der Waals surface area contributed by atoms with Crippen molar-refractivity contribution in [1.82, 2.24) is 19.8 Å². The average Bonchev–Trinajstić information content (AvgIpc) is 3.64. The highest BCUT2D eigenvalue weighted by Gasteiger charge is 2.31. The fourth-order valence-corrected chi connectivity index (χ4v) is 4.40. The van der Waals surface area contributed by atoms with E-state index in [1.54, 1.807) is 6.08 Å². The van der Waals surface area contributed by atoms with Crippen molar-refractivity contribution in [3.8, 4) is 0 Å². The zero-order chi connectivity index (χ0) is 32.2. The van der Waals surface area contributed by atoms with Gasteiger partial charge in [-0.1, -0.05) is 24.3 Å². The zero-order valence-electron chi connectivity index (χ0n) is 23.3. The van der Waals surface area contributed by atoms with Gasteiger partial charge in [0.05, 0.1) is 42.0 Å². The molecule has 0 radical (unpaired) electrons. The quantitative estimate of drug-likeness (QED) is 0.208. The molecule has 1 aliphatic rings. The lowest BCUT2D eigenvalue weighted by Crippen LogP contribution is -2.52. The Bertz CT molecular complexity index is 1700. The maximum Gasteiger partial charge on any atom is 0.416 e. The second kappa shape index (κ2) is 12.8. The van der Waals surface area contributed by atoms with Gasteiger partial charge in [-0.2, -0.15) is 26.3 Å². The Morgan fingerprint density at radius 3 is 1.71 bits per heavy atom. The normalized spacial score (nSPS) is 14.7. The fourth-order valence-electron chi connectivity index (χ4n) is 4.40. The highest BCUT2D eigenvalue weighted by Crippen LogP contribution is 2.30. The number of oxazole rings is 2. The van der Waals surface area contributed by atoms with Crippen LogP contribution in [-0.2, 0) is 34.9 Å². The maximum absolute atomic E-state index is 12.8. The Labute approximate surface area is 252 Å². The molecule has 2 aromatic heterocycles. The summed E-state index contributed by atoms with van der Waals surface area (Å²) in [4.78, 5) is 37.0. The van der Waals surface area contributed by atoms with Crippen molar-refractivity contribution in [3.63, 3.8) is 0 Å². The number of amides is 2. The number of carbonyl (C=O) groups excluding carboxylic acids is 2. The van der Waals surface area contributed by atoms with Crippen molar-refractivity contribution >= 4 is 36.1 Å². The molecule has 1 aliphatic heterocycles. The monoisotopic (exact) mass is 630 g/mol. The third-order valence-electron chi connectivity index (χ3n) is 6.81. The molecule has 2 aromatic carbocycles. The van der Waals surface area contributed by atoms with Gasteiger partial charge in [-0.05, 0) is 47.5 Å². The lowest BCUT2D eigenvalue weighted by atomic mass is 10.1. The molecule has 0 saturated carbocycles. The van der Waals surface area contributed by atoms with E-state index in [4.69, 9.17) is 8.83 Å². The zero-order valence-corrected chi connectivity index (χ0v) is 23.3. The number of halogens is 6. The van der Waals surface area contributed by atoms with Gasteiger partial charge in [0.1, 0.15) is 12.5 Å². The van der Waals surface area contributed by atoms with Gasteiger partial charge < -0.3 is 18.6 Å². The lowest BCUT2D eigenvalue weighted by molar-refractivity contribution is -0.145. The van der Waals surface area contributed by atoms with E-state index < -0.39 is 23.5 Å². The van der Waals surface area contributed by atoms with E-state index in [1.165, 1.54) is 64.8 Å². The topological polar surface area (TPSA) is 92.7 Å². The van der Waals surface area contributed by atoms with Gasteiger partial charge in [-0.25, -0.2) is 9.97 Å². The Morgan fingerprint density at radius 2 is 1.22 bits per heavy atom. The van der Waals surface area contributed by atoms with E-state index in [1.807, 2.05) is 0 Å². The third-order valence-corrected chi connectivity index (χ3v) is 6.81.